The Hall–Kier alpha value is -7.01. The largest absolute Gasteiger partial charge is 0.477 e. The molecule has 718 valence electrons. The van der Waals surface area contributed by atoms with Gasteiger partial charge < -0.3 is 162 Å². The number of rotatable bonds is 41. The minimum atomic E-state index is -2.81. The summed E-state index contributed by atoms with van der Waals surface area (Å²) < 4.78 is 25.5. The summed E-state index contributed by atoms with van der Waals surface area (Å²) in [7, 11) is 0. The maximum atomic E-state index is 12.3. The number of aliphatic hydroxyl groups is 18. The maximum absolute atomic E-state index is 12.3. The zero-order valence-electron chi connectivity index (χ0n) is 72.2. The molecule has 0 spiro atoms. The molecule has 0 aromatic carbocycles. The van der Waals surface area contributed by atoms with E-state index < -0.39 is 249 Å². The van der Waals surface area contributed by atoms with Gasteiger partial charge in [-0.25, -0.2) is 24.0 Å². The molecule has 45 nitrogen and oxygen atoms in total. The fourth-order valence-corrected chi connectivity index (χ4v) is 14.8. The lowest BCUT2D eigenvalue weighted by molar-refractivity contribution is -0.304. The molecule has 5 aliphatic heterocycles. The van der Waals surface area contributed by atoms with Crippen molar-refractivity contribution in [1.29, 1.82) is 0 Å². The van der Waals surface area contributed by atoms with Crippen molar-refractivity contribution in [2.75, 3.05) is 19.8 Å². The normalized spacial score (nSPS) is 32.4. The number of carbonyl (C=O) groups excluding carboxylic acids is 8. The van der Waals surface area contributed by atoms with E-state index in [2.05, 4.69) is 21.3 Å². The summed E-state index contributed by atoms with van der Waals surface area (Å²) in [5.41, 5.74) is 0. The third-order valence-electron chi connectivity index (χ3n) is 22.1. The van der Waals surface area contributed by atoms with Crippen molar-refractivity contribution in [1.82, 2.24) is 21.3 Å². The minimum Gasteiger partial charge on any atom is -0.477 e. The molecule has 0 aromatic rings. The first-order valence-electron chi connectivity index (χ1n) is 41.4. The smallest absolute Gasteiger partial charge is 0.364 e. The van der Waals surface area contributed by atoms with Crippen molar-refractivity contribution in [3.05, 3.63) is 0 Å². The number of Topliss-reactive ketones (excluding diaryl/α,β-unsaturated/α-hetero) is 4. The van der Waals surface area contributed by atoms with E-state index in [-0.39, 0.29) is 90.9 Å². The Morgan fingerprint density at radius 3 is 0.839 bits per heavy atom. The van der Waals surface area contributed by atoms with E-state index in [1.165, 1.54) is 13.8 Å². The molecule has 0 bridgehead atoms. The Morgan fingerprint density at radius 2 is 0.573 bits per heavy atom. The molecular weight excluding hydrogens is 1660 g/mol. The predicted molar refractivity (Wildman–Crippen MR) is 422 cm³/mol. The first-order valence-corrected chi connectivity index (χ1v) is 41.4. The van der Waals surface area contributed by atoms with Crippen molar-refractivity contribution in [3.63, 3.8) is 0 Å². The molecule has 31 atom stereocenters. The first kappa shape index (κ1) is 115. The van der Waals surface area contributed by atoms with Crippen molar-refractivity contribution >= 4 is 76.6 Å². The van der Waals surface area contributed by atoms with Crippen LogP contribution in [0.3, 0.4) is 0 Å². The second-order valence-electron chi connectivity index (χ2n) is 32.8. The topological polar surface area (TPSA) is 781 Å². The molecule has 5 rings (SSSR count). The monoisotopic (exact) mass is 1800 g/mol. The summed E-state index contributed by atoms with van der Waals surface area (Å²) >= 11 is 0. The van der Waals surface area contributed by atoms with Crippen molar-refractivity contribution < 1.29 is 203 Å². The quantitative estimate of drug-likeness (QED) is 0.0272. The van der Waals surface area contributed by atoms with Gasteiger partial charge in [-0.05, 0) is 32.1 Å². The zero-order chi connectivity index (χ0) is 95.9. The van der Waals surface area contributed by atoms with E-state index in [1.54, 1.807) is 34.6 Å². The van der Waals surface area contributed by atoms with Gasteiger partial charge in [-0.2, -0.15) is 0 Å². The molecule has 31 unspecified atom stereocenters. The number of carbonyl (C=O) groups is 13. The lowest BCUT2D eigenvalue weighted by Gasteiger charge is -2.44. The van der Waals surface area contributed by atoms with Gasteiger partial charge >= 0.3 is 29.8 Å². The zero-order valence-corrected chi connectivity index (χ0v) is 72.2. The number of nitrogens with one attached hydrogen (secondary N) is 4. The summed E-state index contributed by atoms with van der Waals surface area (Å²) in [5.74, 6) is -28.1. The highest BCUT2D eigenvalue weighted by Crippen LogP contribution is 2.40. The fraction of sp³-hybridized carbons (Fsp3) is 0.835. The second kappa shape index (κ2) is 52.5. The average molecular weight is 1800 g/mol. The van der Waals surface area contributed by atoms with Crippen LogP contribution in [-0.2, 0) is 86.0 Å². The van der Waals surface area contributed by atoms with Crippen LogP contribution >= 0.6 is 0 Å². The summed E-state index contributed by atoms with van der Waals surface area (Å²) in [6.45, 7) is 19.9. The molecule has 0 saturated carbocycles. The number of carboxylic acids is 5. The molecule has 0 radical (unpaired) electrons. The van der Waals surface area contributed by atoms with Crippen LogP contribution < -0.4 is 21.3 Å². The number of aliphatic carboxylic acids is 5. The number of hydrogen-bond acceptors (Lipinski definition) is 36. The molecule has 0 aromatic heterocycles. The van der Waals surface area contributed by atoms with Crippen LogP contribution in [0.25, 0.3) is 0 Å². The third kappa shape index (κ3) is 34.2. The van der Waals surface area contributed by atoms with Crippen LogP contribution in [0.15, 0.2) is 0 Å². The van der Waals surface area contributed by atoms with Gasteiger partial charge in [0.1, 0.15) is 59.8 Å². The Bertz CT molecular complexity index is 3290. The highest BCUT2D eigenvalue weighted by molar-refractivity contribution is 5.84. The van der Waals surface area contributed by atoms with Crippen LogP contribution in [0.1, 0.15) is 212 Å². The van der Waals surface area contributed by atoms with Gasteiger partial charge in [-0.1, -0.05) is 101 Å². The van der Waals surface area contributed by atoms with Crippen LogP contribution in [-0.4, -0.2) is 359 Å². The Labute approximate surface area is 716 Å². The van der Waals surface area contributed by atoms with E-state index in [0.717, 1.165) is 39.0 Å². The molecule has 27 N–H and O–H groups in total. The van der Waals surface area contributed by atoms with E-state index >= 15 is 0 Å². The molecule has 0 aliphatic carbocycles. The van der Waals surface area contributed by atoms with E-state index in [1.807, 2.05) is 34.6 Å². The number of carboxylic acid groups (broad SMARTS) is 5. The lowest BCUT2D eigenvalue weighted by Crippen LogP contribution is -2.67. The highest BCUT2D eigenvalue weighted by Gasteiger charge is 2.59. The summed E-state index contributed by atoms with van der Waals surface area (Å²) in [6, 6.07) is -3.19. The standard InChI is InChI=1S/C17H30N2O9.2C16H28O9.2C15H25NO7/c1-4-5-8(2)15(24)18-7-11(22)13(23)14-12(19-9(3)20)10(21)6-17(27,28-14)16(25)26;2*1-3-4-8(2)10(18)5-9-11(19)6-16(24,15(22)23)25-14(9)13(21)12(20)7-17;2*1-4-5-8(2)10(18)6-12-13(16-9(3)17)11(19)7-15(22,23-12)14(20)21/h8,10-14,21-23,27H,4-7H2,1-3H3,(H,18,24)(H,19,20)(H,25,26);2*8-9,11-14,17,19-21,24H,3-7H2,1-2H3,(H,22,23);2*8,11-13,19,22H,4-7H2,1-3H3,(H,16,17)(H,20,21). The molecule has 5 aliphatic rings. The fourth-order valence-electron chi connectivity index (χ4n) is 14.8. The van der Waals surface area contributed by atoms with Gasteiger partial charge in [0, 0.05) is 127 Å². The van der Waals surface area contributed by atoms with Crippen LogP contribution in [0, 0.1) is 41.4 Å². The van der Waals surface area contributed by atoms with Gasteiger partial charge in [-0.3, -0.25) is 38.4 Å². The van der Waals surface area contributed by atoms with E-state index in [4.69, 9.17) is 59.4 Å². The lowest BCUT2D eigenvalue weighted by atomic mass is 9.78. The Kier molecular flexibility index (Phi) is 48.6. The van der Waals surface area contributed by atoms with Crippen LogP contribution in [0.4, 0.5) is 0 Å². The Balaban J connectivity index is 0.000000776. The number of amides is 4. The average Bonchev–Trinajstić information content (AvgIpc) is 0.766. The van der Waals surface area contributed by atoms with Crippen molar-refractivity contribution in [3.8, 4) is 0 Å². The predicted octanol–water partition coefficient (Wildman–Crippen LogP) is -5.42. The van der Waals surface area contributed by atoms with Gasteiger partial charge in [0.2, 0.25) is 23.6 Å². The van der Waals surface area contributed by atoms with Crippen molar-refractivity contribution in [2.45, 2.75) is 357 Å². The van der Waals surface area contributed by atoms with Crippen LogP contribution in [0.5, 0.6) is 0 Å². The number of aliphatic hydroxyl groups excluding tert-OH is 13. The molecular formula is C79H136N4O41. The second-order valence-corrected chi connectivity index (χ2v) is 32.8. The third-order valence-corrected chi connectivity index (χ3v) is 22.1. The Morgan fingerprint density at radius 1 is 0.339 bits per heavy atom. The molecule has 5 heterocycles. The summed E-state index contributed by atoms with van der Waals surface area (Å²) in [4.78, 5) is 151. The number of ketones is 4. The maximum Gasteiger partial charge on any atom is 0.364 e. The van der Waals surface area contributed by atoms with Gasteiger partial charge in [0.25, 0.3) is 28.9 Å². The molecule has 4 amide bonds. The molecule has 124 heavy (non-hydrogen) atoms. The molecule has 5 saturated heterocycles. The SMILES string of the molecule is CCCC(C)C(=O)CC1C(O)CC(O)(C(=O)O)OC1C(O)C(O)CO.CCCC(C)C(=O)CC1C(O)CC(O)(C(=O)O)OC1C(O)C(O)CO.CCCC(C)C(=O)CC1OC(O)(C(=O)O)CC(O)C1NC(C)=O.CCCC(C)C(=O)CC1OC(O)(C(=O)O)CC(O)C1NC(C)=O.CCCC(C)C(=O)NCC(O)C(O)C1OC(O)(C(=O)O)CC(O)C1NC(C)=O. The van der Waals surface area contributed by atoms with E-state index in [9.17, 15) is 144 Å². The number of hydrogen-bond donors (Lipinski definition) is 27. The first-order chi connectivity index (χ1) is 57.3. The van der Waals surface area contributed by atoms with Crippen LogP contribution in [0.2, 0.25) is 0 Å². The minimum absolute atomic E-state index is 0.172. The summed E-state index contributed by atoms with van der Waals surface area (Å²) in [5, 5.41) is 234. The molecule has 45 heteroatoms. The number of ether oxygens (including phenoxy) is 5. The van der Waals surface area contributed by atoms with Crippen molar-refractivity contribution in [2.24, 2.45) is 41.4 Å². The van der Waals surface area contributed by atoms with E-state index in [0.29, 0.717) is 32.1 Å². The van der Waals surface area contributed by atoms with Gasteiger partial charge in [0.15, 0.2) is 0 Å². The highest BCUT2D eigenvalue weighted by atomic mass is 16.7. The van der Waals surface area contributed by atoms with Gasteiger partial charge in [0.05, 0.1) is 92.4 Å². The molecule has 5 fully saturated rings. The van der Waals surface area contributed by atoms with Gasteiger partial charge in [-0.15, -0.1) is 0 Å². The summed E-state index contributed by atoms with van der Waals surface area (Å²) in [6.07, 6.45) is -21.3.